The fourth-order valence-electron chi connectivity index (χ4n) is 5.65. The van der Waals surface area contributed by atoms with Gasteiger partial charge in [-0.05, 0) is 59.9 Å². The van der Waals surface area contributed by atoms with Gasteiger partial charge in [0.1, 0.15) is 11.6 Å². The zero-order valence-electron chi connectivity index (χ0n) is 20.1. The van der Waals surface area contributed by atoms with E-state index >= 15 is 0 Å². The highest BCUT2D eigenvalue weighted by Crippen LogP contribution is 2.47. The summed E-state index contributed by atoms with van der Waals surface area (Å²) in [6.07, 6.45) is 0.928. The second-order valence-corrected chi connectivity index (χ2v) is 9.59. The monoisotopic (exact) mass is 488 g/mol. The van der Waals surface area contributed by atoms with E-state index < -0.39 is 17.8 Å². The quantitative estimate of drug-likeness (QED) is 0.310. The molecule has 0 N–H and O–H groups in total. The molecule has 6 rings (SSSR count). The summed E-state index contributed by atoms with van der Waals surface area (Å²) < 4.78 is 14.6. The first-order valence-corrected chi connectivity index (χ1v) is 12.5. The van der Waals surface area contributed by atoms with Gasteiger partial charge in [0.2, 0.25) is 0 Å². The number of carbonyl (C=O) groups excluding carboxylic acids is 2. The summed E-state index contributed by atoms with van der Waals surface area (Å²) in [5.74, 6) is -1.34. The topological polar surface area (TPSA) is 49.7 Å². The van der Waals surface area contributed by atoms with Gasteiger partial charge in [0.25, 0.3) is 5.91 Å². The van der Waals surface area contributed by atoms with Crippen molar-refractivity contribution < 1.29 is 14.0 Å². The van der Waals surface area contributed by atoms with Crippen LogP contribution in [-0.2, 0) is 4.79 Å². The summed E-state index contributed by atoms with van der Waals surface area (Å²) in [6, 6.07) is 31.9. The van der Waals surface area contributed by atoms with Gasteiger partial charge in [-0.25, -0.2) is 4.39 Å². The summed E-state index contributed by atoms with van der Waals surface area (Å²) in [4.78, 5) is 34.8. The standard InChI is InChI=1S/C32H25FN2O2/c33-25-15-9-14-23(18-25)31-30-27(19-24(20-29(30)36)21-10-3-1-4-11-21)34-26-16-7-8-17-28(26)35(31)32(37)22-12-5-2-6-13-22/h1-18,24,30-31H,19-20H2. The maximum atomic E-state index is 14.6. The van der Waals surface area contributed by atoms with Crippen LogP contribution in [0.1, 0.15) is 46.3 Å². The molecule has 0 radical (unpaired) electrons. The van der Waals surface area contributed by atoms with Crippen LogP contribution >= 0.6 is 0 Å². The summed E-state index contributed by atoms with van der Waals surface area (Å²) in [6.45, 7) is 0. The van der Waals surface area contributed by atoms with Gasteiger partial charge >= 0.3 is 0 Å². The number of fused-ring (bicyclic) bond motifs is 2. The van der Waals surface area contributed by atoms with Gasteiger partial charge in [-0.1, -0.05) is 72.8 Å². The molecule has 1 fully saturated rings. The zero-order valence-corrected chi connectivity index (χ0v) is 20.1. The predicted molar refractivity (Wildman–Crippen MR) is 143 cm³/mol. The van der Waals surface area contributed by atoms with Crippen LogP contribution in [0, 0.1) is 11.7 Å². The number of rotatable bonds is 3. The molecule has 3 unspecified atom stereocenters. The molecule has 0 aromatic heterocycles. The van der Waals surface area contributed by atoms with Crippen LogP contribution in [0.4, 0.5) is 15.8 Å². The van der Waals surface area contributed by atoms with Crippen LogP contribution in [0.2, 0.25) is 0 Å². The Kier molecular flexibility index (Phi) is 5.97. The molecule has 1 heterocycles. The lowest BCUT2D eigenvalue weighted by Gasteiger charge is -2.39. The van der Waals surface area contributed by atoms with Crippen LogP contribution in [-0.4, -0.2) is 17.4 Å². The van der Waals surface area contributed by atoms with Crippen molar-refractivity contribution in [1.82, 2.24) is 0 Å². The van der Waals surface area contributed by atoms with E-state index in [1.54, 1.807) is 29.2 Å². The molecule has 4 aromatic carbocycles. The van der Waals surface area contributed by atoms with Gasteiger partial charge in [0.05, 0.1) is 23.3 Å². The molecule has 0 spiro atoms. The number of hydrogen-bond acceptors (Lipinski definition) is 3. The number of aliphatic imine (C=N–C) groups is 1. The Morgan fingerprint density at radius 1 is 0.784 bits per heavy atom. The molecule has 1 saturated carbocycles. The number of Topliss-reactive ketones (excluding diaryl/α,β-unsaturated/α-hetero) is 1. The fourth-order valence-corrected chi connectivity index (χ4v) is 5.65. The van der Waals surface area contributed by atoms with E-state index in [-0.39, 0.29) is 17.6 Å². The van der Waals surface area contributed by atoms with E-state index in [0.717, 1.165) is 11.3 Å². The van der Waals surface area contributed by atoms with E-state index in [2.05, 4.69) is 0 Å². The van der Waals surface area contributed by atoms with E-state index in [1.807, 2.05) is 72.8 Å². The molecule has 182 valence electrons. The smallest absolute Gasteiger partial charge is 0.258 e. The Morgan fingerprint density at radius 2 is 1.46 bits per heavy atom. The Morgan fingerprint density at radius 3 is 2.22 bits per heavy atom. The number of anilines is 1. The average molecular weight is 489 g/mol. The third-order valence-electron chi connectivity index (χ3n) is 7.31. The molecule has 2 aliphatic rings. The lowest BCUT2D eigenvalue weighted by molar-refractivity contribution is -0.122. The number of ketones is 1. The number of halogens is 1. The first-order chi connectivity index (χ1) is 18.1. The predicted octanol–water partition coefficient (Wildman–Crippen LogP) is 7.06. The SMILES string of the molecule is O=C1CC(c2ccccc2)CC2=Nc3ccccc3N(C(=O)c3ccccc3)C(c3cccc(F)c3)C12. The maximum Gasteiger partial charge on any atom is 0.258 e. The van der Waals surface area contributed by atoms with Crippen molar-refractivity contribution in [1.29, 1.82) is 0 Å². The van der Waals surface area contributed by atoms with Gasteiger partial charge < -0.3 is 0 Å². The normalized spacial score (nSPS) is 20.9. The molecule has 0 saturated heterocycles. The van der Waals surface area contributed by atoms with Crippen molar-refractivity contribution in [3.8, 4) is 0 Å². The molecule has 0 bridgehead atoms. The number of amides is 1. The van der Waals surface area contributed by atoms with Crippen LogP contribution in [0.5, 0.6) is 0 Å². The first-order valence-electron chi connectivity index (χ1n) is 12.5. The van der Waals surface area contributed by atoms with Crippen molar-refractivity contribution in [3.05, 3.63) is 132 Å². The average Bonchev–Trinajstić information content (AvgIpc) is 3.08. The summed E-state index contributed by atoms with van der Waals surface area (Å²) in [7, 11) is 0. The third-order valence-corrected chi connectivity index (χ3v) is 7.31. The van der Waals surface area contributed by atoms with Gasteiger partial charge in [0.15, 0.2) is 0 Å². The van der Waals surface area contributed by atoms with Gasteiger partial charge in [-0.2, -0.15) is 0 Å². The van der Waals surface area contributed by atoms with Crippen LogP contribution in [0.25, 0.3) is 0 Å². The number of carbonyl (C=O) groups is 2. The molecule has 3 atom stereocenters. The Labute approximate surface area is 215 Å². The molecular formula is C32H25FN2O2. The van der Waals surface area contributed by atoms with E-state index in [0.29, 0.717) is 35.3 Å². The zero-order chi connectivity index (χ0) is 25.4. The molecule has 1 aliphatic carbocycles. The number of nitrogens with zero attached hydrogens (tertiary/aromatic N) is 2. The summed E-state index contributed by atoms with van der Waals surface area (Å²) in [5.41, 5.74) is 4.13. The van der Waals surface area contributed by atoms with Gasteiger partial charge in [-0.3, -0.25) is 19.5 Å². The highest BCUT2D eigenvalue weighted by molar-refractivity contribution is 6.15. The highest BCUT2D eigenvalue weighted by Gasteiger charge is 2.46. The van der Waals surface area contributed by atoms with E-state index in [1.165, 1.54) is 12.1 Å². The highest BCUT2D eigenvalue weighted by atomic mass is 19.1. The van der Waals surface area contributed by atoms with E-state index in [9.17, 15) is 14.0 Å². The molecule has 4 aromatic rings. The van der Waals surface area contributed by atoms with Crippen LogP contribution < -0.4 is 4.90 Å². The minimum Gasteiger partial charge on any atom is -0.299 e. The van der Waals surface area contributed by atoms with Crippen LogP contribution in [0.3, 0.4) is 0 Å². The van der Waals surface area contributed by atoms with Crippen molar-refractivity contribution >= 4 is 28.8 Å². The number of benzene rings is 4. The molecule has 1 aliphatic heterocycles. The number of para-hydroxylation sites is 2. The van der Waals surface area contributed by atoms with Crippen molar-refractivity contribution in [2.24, 2.45) is 10.9 Å². The Hall–Kier alpha value is -4.38. The molecule has 4 nitrogen and oxygen atoms in total. The minimum atomic E-state index is -0.727. The molecule has 1 amide bonds. The lowest BCUT2D eigenvalue weighted by atomic mass is 9.72. The van der Waals surface area contributed by atoms with Crippen LogP contribution in [0.15, 0.2) is 114 Å². The van der Waals surface area contributed by atoms with Gasteiger partial charge in [0, 0.05) is 17.7 Å². The van der Waals surface area contributed by atoms with E-state index in [4.69, 9.17) is 4.99 Å². The number of hydrogen-bond donors (Lipinski definition) is 0. The second-order valence-electron chi connectivity index (χ2n) is 9.59. The fraction of sp³-hybridized carbons (Fsp3) is 0.156. The summed E-state index contributed by atoms with van der Waals surface area (Å²) >= 11 is 0. The van der Waals surface area contributed by atoms with Crippen molar-refractivity contribution in [2.75, 3.05) is 4.90 Å². The first kappa shape index (κ1) is 23.0. The van der Waals surface area contributed by atoms with Crippen molar-refractivity contribution in [2.45, 2.75) is 24.8 Å². The molecular weight excluding hydrogens is 463 g/mol. The lowest BCUT2D eigenvalue weighted by Crippen LogP contribution is -2.45. The molecule has 5 heteroatoms. The third kappa shape index (κ3) is 4.27. The minimum absolute atomic E-state index is 0.000367. The summed E-state index contributed by atoms with van der Waals surface area (Å²) in [5, 5.41) is 0. The Balaban J connectivity index is 1.55. The van der Waals surface area contributed by atoms with Crippen molar-refractivity contribution in [3.63, 3.8) is 0 Å². The largest absolute Gasteiger partial charge is 0.299 e. The second kappa shape index (κ2) is 9.58. The Bertz CT molecular complexity index is 1500. The maximum absolute atomic E-state index is 14.6. The van der Waals surface area contributed by atoms with Gasteiger partial charge in [-0.15, -0.1) is 0 Å². The molecule has 37 heavy (non-hydrogen) atoms.